The van der Waals surface area contributed by atoms with E-state index < -0.39 is 10.0 Å². The van der Waals surface area contributed by atoms with E-state index in [0.29, 0.717) is 18.4 Å². The van der Waals surface area contributed by atoms with Crippen LogP contribution in [0.25, 0.3) is 0 Å². The maximum atomic E-state index is 11.9. The first-order valence-corrected chi connectivity index (χ1v) is 7.26. The Morgan fingerprint density at radius 3 is 2.47 bits per heavy atom. The van der Waals surface area contributed by atoms with Gasteiger partial charge in [0.25, 0.3) is 0 Å². The van der Waals surface area contributed by atoms with Gasteiger partial charge in [0.05, 0.1) is 4.90 Å². The van der Waals surface area contributed by atoms with Crippen molar-refractivity contribution in [1.29, 1.82) is 0 Å². The highest BCUT2D eigenvalue weighted by Crippen LogP contribution is 2.36. The fourth-order valence-corrected chi connectivity index (χ4v) is 2.93. The number of phenols is 1. The SMILES string of the molecule is CC(CNS(=O)(=O)c1ccc(O)cc1)C1CC1. The van der Waals surface area contributed by atoms with Crippen LogP contribution in [0.15, 0.2) is 29.2 Å². The van der Waals surface area contributed by atoms with Gasteiger partial charge in [-0.25, -0.2) is 13.1 Å². The van der Waals surface area contributed by atoms with Crippen molar-refractivity contribution in [3.05, 3.63) is 24.3 Å². The number of rotatable bonds is 5. The third-order valence-corrected chi connectivity index (χ3v) is 4.61. The van der Waals surface area contributed by atoms with E-state index in [9.17, 15) is 8.42 Å². The van der Waals surface area contributed by atoms with Gasteiger partial charge in [-0.1, -0.05) is 6.92 Å². The second-order valence-corrected chi connectivity index (χ2v) is 6.43. The summed E-state index contributed by atoms with van der Waals surface area (Å²) >= 11 is 0. The van der Waals surface area contributed by atoms with Crippen LogP contribution in [0.1, 0.15) is 19.8 Å². The minimum absolute atomic E-state index is 0.0651. The van der Waals surface area contributed by atoms with Gasteiger partial charge in [-0.2, -0.15) is 0 Å². The summed E-state index contributed by atoms with van der Waals surface area (Å²) < 4.78 is 26.4. The van der Waals surface area contributed by atoms with Gasteiger partial charge in [0.1, 0.15) is 5.75 Å². The lowest BCUT2D eigenvalue weighted by Crippen LogP contribution is -2.29. The molecule has 0 aliphatic heterocycles. The predicted molar refractivity (Wildman–Crippen MR) is 65.2 cm³/mol. The van der Waals surface area contributed by atoms with Gasteiger partial charge in [0.15, 0.2) is 0 Å². The standard InChI is InChI=1S/C12H17NO3S/c1-9(10-2-3-10)8-13-17(15,16)12-6-4-11(14)5-7-12/h4-7,9-10,13-14H,2-3,8H2,1H3. The number of hydrogen-bond donors (Lipinski definition) is 2. The van der Waals surface area contributed by atoms with Crippen LogP contribution in [-0.4, -0.2) is 20.1 Å². The first-order chi connectivity index (χ1) is 7.99. The molecule has 0 aromatic heterocycles. The summed E-state index contributed by atoms with van der Waals surface area (Å²) in [5, 5.41) is 9.11. The van der Waals surface area contributed by atoms with Crippen LogP contribution in [0, 0.1) is 11.8 Å². The number of benzene rings is 1. The number of hydrogen-bond acceptors (Lipinski definition) is 3. The Labute approximate surface area is 102 Å². The van der Waals surface area contributed by atoms with Crippen LogP contribution in [0.5, 0.6) is 5.75 Å². The van der Waals surface area contributed by atoms with E-state index in [1.165, 1.54) is 37.1 Å². The Bertz CT molecular complexity index is 477. The minimum atomic E-state index is -3.44. The number of nitrogens with one attached hydrogen (secondary N) is 1. The van der Waals surface area contributed by atoms with E-state index in [4.69, 9.17) is 5.11 Å². The molecular formula is C12H17NO3S. The van der Waals surface area contributed by atoms with Crippen LogP contribution >= 0.6 is 0 Å². The lowest BCUT2D eigenvalue weighted by Gasteiger charge is -2.11. The van der Waals surface area contributed by atoms with Crippen molar-refractivity contribution in [3.8, 4) is 5.75 Å². The molecule has 5 heteroatoms. The molecule has 2 N–H and O–H groups in total. The molecule has 4 nitrogen and oxygen atoms in total. The maximum Gasteiger partial charge on any atom is 0.240 e. The molecule has 0 saturated heterocycles. The van der Waals surface area contributed by atoms with E-state index in [1.54, 1.807) is 0 Å². The van der Waals surface area contributed by atoms with Crippen LogP contribution < -0.4 is 4.72 Å². The average molecular weight is 255 g/mol. The van der Waals surface area contributed by atoms with Gasteiger partial charge in [0.2, 0.25) is 10.0 Å². The van der Waals surface area contributed by atoms with Gasteiger partial charge in [-0.05, 0) is 48.9 Å². The second-order valence-electron chi connectivity index (χ2n) is 4.66. The van der Waals surface area contributed by atoms with Crippen molar-refractivity contribution in [1.82, 2.24) is 4.72 Å². The van der Waals surface area contributed by atoms with E-state index in [0.717, 1.165) is 0 Å². The Balaban J connectivity index is 2.00. The smallest absolute Gasteiger partial charge is 0.240 e. The third kappa shape index (κ3) is 3.20. The first-order valence-electron chi connectivity index (χ1n) is 5.78. The molecule has 1 aliphatic rings. The average Bonchev–Trinajstić information content (AvgIpc) is 3.10. The van der Waals surface area contributed by atoms with Gasteiger partial charge in [-0.15, -0.1) is 0 Å². The molecule has 0 amide bonds. The van der Waals surface area contributed by atoms with Crippen molar-refractivity contribution in [2.75, 3.05) is 6.54 Å². The summed E-state index contributed by atoms with van der Waals surface area (Å²) in [6.07, 6.45) is 2.42. The second kappa shape index (κ2) is 4.66. The van der Waals surface area contributed by atoms with E-state index in [1.807, 2.05) is 0 Å². The molecule has 1 saturated carbocycles. The van der Waals surface area contributed by atoms with Gasteiger partial charge in [-0.3, -0.25) is 0 Å². The minimum Gasteiger partial charge on any atom is -0.508 e. The summed E-state index contributed by atoms with van der Waals surface area (Å²) in [6, 6.07) is 5.55. The molecule has 1 aliphatic carbocycles. The molecule has 1 atom stereocenters. The largest absolute Gasteiger partial charge is 0.508 e. The molecule has 1 fully saturated rings. The molecule has 1 unspecified atom stereocenters. The zero-order chi connectivity index (χ0) is 12.5. The monoisotopic (exact) mass is 255 g/mol. The Morgan fingerprint density at radius 2 is 1.94 bits per heavy atom. The molecule has 94 valence electrons. The van der Waals surface area contributed by atoms with Crippen LogP contribution in [0.4, 0.5) is 0 Å². The van der Waals surface area contributed by atoms with Crippen molar-refractivity contribution >= 4 is 10.0 Å². The summed E-state index contributed by atoms with van der Waals surface area (Å²) in [6.45, 7) is 2.55. The van der Waals surface area contributed by atoms with E-state index >= 15 is 0 Å². The van der Waals surface area contributed by atoms with Crippen LogP contribution in [-0.2, 0) is 10.0 Å². The highest BCUT2D eigenvalue weighted by molar-refractivity contribution is 7.89. The number of sulfonamides is 1. The molecule has 0 radical (unpaired) electrons. The zero-order valence-corrected chi connectivity index (χ0v) is 10.6. The Hall–Kier alpha value is -1.07. The maximum absolute atomic E-state index is 11.9. The van der Waals surface area contributed by atoms with Crippen molar-refractivity contribution in [2.45, 2.75) is 24.7 Å². The first kappa shape index (κ1) is 12.4. The summed E-state index contributed by atoms with van der Waals surface area (Å²) in [5.41, 5.74) is 0. The van der Waals surface area contributed by atoms with Crippen LogP contribution in [0.3, 0.4) is 0 Å². The Morgan fingerprint density at radius 1 is 1.35 bits per heavy atom. The fraction of sp³-hybridized carbons (Fsp3) is 0.500. The molecule has 1 aromatic rings. The highest BCUT2D eigenvalue weighted by Gasteiger charge is 2.28. The molecule has 0 bridgehead atoms. The lowest BCUT2D eigenvalue weighted by molar-refractivity contribution is 0.474. The molecule has 2 rings (SSSR count). The van der Waals surface area contributed by atoms with E-state index in [2.05, 4.69) is 11.6 Å². The molecule has 0 spiro atoms. The van der Waals surface area contributed by atoms with Crippen molar-refractivity contribution < 1.29 is 13.5 Å². The summed E-state index contributed by atoms with van der Waals surface area (Å²) in [5.74, 6) is 1.13. The quantitative estimate of drug-likeness (QED) is 0.842. The normalized spacial score (nSPS) is 17.9. The van der Waals surface area contributed by atoms with Crippen LogP contribution in [0.2, 0.25) is 0 Å². The summed E-state index contributed by atoms with van der Waals surface area (Å²) in [4.78, 5) is 0.193. The van der Waals surface area contributed by atoms with E-state index in [-0.39, 0.29) is 10.6 Å². The highest BCUT2D eigenvalue weighted by atomic mass is 32.2. The lowest BCUT2D eigenvalue weighted by atomic mass is 10.1. The Kier molecular flexibility index (Phi) is 3.40. The molecule has 17 heavy (non-hydrogen) atoms. The molecule has 1 aromatic carbocycles. The van der Waals surface area contributed by atoms with Gasteiger partial charge in [0, 0.05) is 6.54 Å². The topological polar surface area (TPSA) is 66.4 Å². The summed E-state index contributed by atoms with van der Waals surface area (Å²) in [7, 11) is -3.44. The van der Waals surface area contributed by atoms with Gasteiger partial charge < -0.3 is 5.11 Å². The zero-order valence-electron chi connectivity index (χ0n) is 9.76. The molecule has 0 heterocycles. The van der Waals surface area contributed by atoms with Crippen molar-refractivity contribution in [2.24, 2.45) is 11.8 Å². The predicted octanol–water partition coefficient (Wildman–Crippen LogP) is 1.72. The fourth-order valence-electron chi connectivity index (χ4n) is 1.78. The number of aromatic hydroxyl groups is 1. The molecular weight excluding hydrogens is 238 g/mol. The van der Waals surface area contributed by atoms with Crippen molar-refractivity contribution in [3.63, 3.8) is 0 Å². The van der Waals surface area contributed by atoms with Gasteiger partial charge >= 0.3 is 0 Å². The third-order valence-electron chi connectivity index (χ3n) is 3.17. The number of phenolic OH excluding ortho intramolecular Hbond substituents is 1.